The van der Waals surface area contributed by atoms with Crippen molar-refractivity contribution in [2.75, 3.05) is 0 Å². The van der Waals surface area contributed by atoms with Crippen LogP contribution in [0.25, 0.3) is 43.6 Å². The summed E-state index contributed by atoms with van der Waals surface area (Å²) in [6.45, 7) is 11.7. The second kappa shape index (κ2) is 8.30. The first-order valence-electron chi connectivity index (χ1n) is 14.4. The zero-order chi connectivity index (χ0) is 26.3. The van der Waals surface area contributed by atoms with E-state index in [4.69, 9.17) is 4.74 Å². The van der Waals surface area contributed by atoms with Gasteiger partial charge >= 0.3 is 0 Å². The van der Waals surface area contributed by atoms with E-state index in [0.29, 0.717) is 17.3 Å². The van der Waals surface area contributed by atoms with E-state index in [1.165, 1.54) is 85.9 Å². The van der Waals surface area contributed by atoms with Crippen molar-refractivity contribution in [1.82, 2.24) is 0 Å². The maximum absolute atomic E-state index is 7.06. The monoisotopic (exact) mass is 500 g/mol. The standard InChI is InChI=1S/C36H38NO/c1-21(2)31-27-11-8-7-10-24(27)22(3)32-34-33-28(16-19-37(34)6)26-13-9-12-25(23-14-17-36(4,5)18-15-23)29(26)20-30(33)38-35(31)32/h7-13,16,19-21,23H,14-15,17-18H2,1-6H3/q+1. The molecule has 0 amide bonds. The zero-order valence-corrected chi connectivity index (χ0v) is 23.6. The van der Waals surface area contributed by atoms with Crippen LogP contribution in [0.1, 0.15) is 81.9 Å². The fourth-order valence-electron chi connectivity index (χ4n) is 7.43. The molecule has 2 heterocycles. The number of fused-ring (bicyclic) bond motifs is 5. The second-order valence-electron chi connectivity index (χ2n) is 12.9. The fourth-order valence-corrected chi connectivity index (χ4v) is 7.43. The minimum Gasteiger partial charge on any atom is -0.455 e. The van der Waals surface area contributed by atoms with Crippen LogP contribution in [-0.4, -0.2) is 0 Å². The third-order valence-corrected chi connectivity index (χ3v) is 9.55. The molecular weight excluding hydrogens is 462 g/mol. The lowest BCUT2D eigenvalue weighted by Gasteiger charge is -2.35. The van der Waals surface area contributed by atoms with E-state index in [2.05, 4.69) is 107 Å². The maximum Gasteiger partial charge on any atom is 0.228 e. The fraction of sp³-hybridized carbons (Fsp3) is 0.361. The van der Waals surface area contributed by atoms with E-state index in [0.717, 1.165) is 11.5 Å². The highest BCUT2D eigenvalue weighted by Gasteiger charge is 2.35. The van der Waals surface area contributed by atoms with Crippen LogP contribution in [0.5, 0.6) is 11.5 Å². The van der Waals surface area contributed by atoms with Gasteiger partial charge in [0.05, 0.1) is 10.9 Å². The average molecular weight is 501 g/mol. The summed E-state index contributed by atoms with van der Waals surface area (Å²) >= 11 is 0. The Hall–Kier alpha value is -3.39. The van der Waals surface area contributed by atoms with Gasteiger partial charge in [0.2, 0.25) is 5.69 Å². The summed E-state index contributed by atoms with van der Waals surface area (Å²) in [5, 5.41) is 7.89. The molecule has 5 aromatic rings. The average Bonchev–Trinajstić information content (AvgIpc) is 2.89. The molecule has 1 fully saturated rings. The Balaban J connectivity index is 1.55. The van der Waals surface area contributed by atoms with Gasteiger partial charge in [-0.05, 0) is 88.6 Å². The van der Waals surface area contributed by atoms with Crippen LogP contribution in [-0.2, 0) is 7.05 Å². The molecule has 1 aromatic heterocycles. The van der Waals surface area contributed by atoms with Crippen LogP contribution < -0.4 is 9.30 Å². The lowest BCUT2D eigenvalue weighted by atomic mass is 9.70. The Labute approximate surface area is 226 Å². The highest BCUT2D eigenvalue weighted by Crippen LogP contribution is 2.54. The van der Waals surface area contributed by atoms with Crippen LogP contribution in [0.3, 0.4) is 0 Å². The maximum atomic E-state index is 7.06. The van der Waals surface area contributed by atoms with Gasteiger partial charge in [-0.3, -0.25) is 0 Å². The Morgan fingerprint density at radius 1 is 0.868 bits per heavy atom. The van der Waals surface area contributed by atoms with E-state index in [9.17, 15) is 0 Å². The van der Waals surface area contributed by atoms with Crippen LogP contribution in [0, 0.1) is 12.3 Å². The minimum absolute atomic E-state index is 0.349. The van der Waals surface area contributed by atoms with E-state index < -0.39 is 0 Å². The Morgan fingerprint density at radius 2 is 1.58 bits per heavy atom. The molecule has 1 saturated carbocycles. The van der Waals surface area contributed by atoms with Gasteiger partial charge in [-0.25, -0.2) is 4.57 Å². The Bertz CT molecular complexity index is 1760. The number of rotatable bonds is 2. The predicted molar refractivity (Wildman–Crippen MR) is 159 cm³/mol. The summed E-state index contributed by atoms with van der Waals surface area (Å²) in [5.74, 6) is 3.01. The number of aromatic nitrogens is 1. The first-order chi connectivity index (χ1) is 18.2. The first kappa shape index (κ1) is 23.7. The number of benzene rings is 4. The van der Waals surface area contributed by atoms with Crippen molar-refractivity contribution < 1.29 is 9.30 Å². The number of ether oxygens (including phenoxy) is 1. The van der Waals surface area contributed by atoms with Crippen molar-refractivity contribution >= 4 is 32.3 Å². The normalized spacial score (nSPS) is 16.8. The van der Waals surface area contributed by atoms with Gasteiger partial charge in [0, 0.05) is 17.0 Å². The molecule has 1 aliphatic carbocycles. The molecule has 7 rings (SSSR count). The molecule has 0 atom stereocenters. The highest BCUT2D eigenvalue weighted by molar-refractivity contribution is 6.17. The van der Waals surface area contributed by atoms with Gasteiger partial charge in [0.1, 0.15) is 18.5 Å². The number of hydrogen-bond donors (Lipinski definition) is 0. The van der Waals surface area contributed by atoms with Crippen molar-refractivity contribution in [3.05, 3.63) is 77.5 Å². The van der Waals surface area contributed by atoms with Gasteiger partial charge in [0.25, 0.3) is 0 Å². The number of nitrogens with zero attached hydrogens (tertiary/aromatic N) is 1. The molecule has 38 heavy (non-hydrogen) atoms. The molecule has 4 aromatic carbocycles. The van der Waals surface area contributed by atoms with Gasteiger partial charge in [-0.15, -0.1) is 0 Å². The van der Waals surface area contributed by atoms with Crippen molar-refractivity contribution in [1.29, 1.82) is 0 Å². The van der Waals surface area contributed by atoms with Crippen molar-refractivity contribution in [3.8, 4) is 22.8 Å². The smallest absolute Gasteiger partial charge is 0.228 e. The molecule has 2 nitrogen and oxygen atoms in total. The van der Waals surface area contributed by atoms with Crippen molar-refractivity contribution in [2.45, 2.75) is 72.1 Å². The van der Waals surface area contributed by atoms with Crippen LogP contribution >= 0.6 is 0 Å². The second-order valence-corrected chi connectivity index (χ2v) is 12.9. The number of pyridine rings is 1. The summed E-state index contributed by atoms with van der Waals surface area (Å²) in [4.78, 5) is 0. The third kappa shape index (κ3) is 3.35. The third-order valence-electron chi connectivity index (χ3n) is 9.55. The highest BCUT2D eigenvalue weighted by atomic mass is 16.5. The van der Waals surface area contributed by atoms with Crippen LogP contribution in [0.15, 0.2) is 60.8 Å². The van der Waals surface area contributed by atoms with Crippen molar-refractivity contribution in [3.63, 3.8) is 0 Å². The molecule has 2 heteroatoms. The van der Waals surface area contributed by atoms with Crippen LogP contribution in [0.4, 0.5) is 0 Å². The lowest BCUT2D eigenvalue weighted by Crippen LogP contribution is -2.32. The molecule has 1 aliphatic heterocycles. The lowest BCUT2D eigenvalue weighted by molar-refractivity contribution is -0.659. The summed E-state index contributed by atoms with van der Waals surface area (Å²) < 4.78 is 9.36. The molecule has 0 spiro atoms. The Morgan fingerprint density at radius 3 is 2.32 bits per heavy atom. The quantitative estimate of drug-likeness (QED) is 0.170. The van der Waals surface area contributed by atoms with E-state index in [1.54, 1.807) is 0 Å². The molecule has 0 bridgehead atoms. The van der Waals surface area contributed by atoms with Crippen LogP contribution in [0.2, 0.25) is 0 Å². The first-order valence-corrected chi connectivity index (χ1v) is 14.4. The van der Waals surface area contributed by atoms with Gasteiger partial charge in [-0.1, -0.05) is 70.2 Å². The van der Waals surface area contributed by atoms with E-state index in [1.807, 2.05) is 0 Å². The molecule has 0 unspecified atom stereocenters. The van der Waals surface area contributed by atoms with Crippen molar-refractivity contribution in [2.24, 2.45) is 12.5 Å². The van der Waals surface area contributed by atoms with E-state index >= 15 is 0 Å². The molecule has 0 radical (unpaired) electrons. The zero-order valence-electron chi connectivity index (χ0n) is 23.6. The molecule has 0 saturated heterocycles. The van der Waals surface area contributed by atoms with Gasteiger partial charge in [-0.2, -0.15) is 0 Å². The number of aryl methyl sites for hydroxylation is 2. The molecule has 192 valence electrons. The topological polar surface area (TPSA) is 13.1 Å². The summed E-state index contributed by atoms with van der Waals surface area (Å²) in [6.07, 6.45) is 7.36. The largest absolute Gasteiger partial charge is 0.455 e. The Kier molecular flexibility index (Phi) is 5.18. The molecule has 0 N–H and O–H groups in total. The number of hydrogen-bond acceptors (Lipinski definition) is 1. The SMILES string of the molecule is Cc1c2c(c(C(C)C)c3ccccc13)Oc1cc3c(C4CCC(C)(C)CC4)cccc3c3cc[n+](C)c-2c13. The minimum atomic E-state index is 0.349. The summed E-state index contributed by atoms with van der Waals surface area (Å²) in [7, 11) is 2.18. The van der Waals surface area contributed by atoms with Gasteiger partial charge in [0.15, 0.2) is 6.20 Å². The summed E-state index contributed by atoms with van der Waals surface area (Å²) in [5.41, 5.74) is 7.09. The molecular formula is C36H38NO+. The predicted octanol–water partition coefficient (Wildman–Crippen LogP) is 9.86. The van der Waals surface area contributed by atoms with E-state index in [-0.39, 0.29) is 0 Å². The van der Waals surface area contributed by atoms with Gasteiger partial charge < -0.3 is 4.74 Å². The molecule has 2 aliphatic rings. The summed E-state index contributed by atoms with van der Waals surface area (Å²) in [6, 6.07) is 20.5.